The van der Waals surface area contributed by atoms with Gasteiger partial charge in [0.15, 0.2) is 0 Å². The van der Waals surface area contributed by atoms with Crippen molar-refractivity contribution < 1.29 is 14.3 Å². The van der Waals surface area contributed by atoms with E-state index in [9.17, 15) is 4.79 Å². The van der Waals surface area contributed by atoms with Gasteiger partial charge in [0.05, 0.1) is 32.3 Å². The molecule has 1 aromatic heterocycles. The number of amides is 1. The summed E-state index contributed by atoms with van der Waals surface area (Å²) in [6.07, 6.45) is 2.90. The highest BCUT2D eigenvalue weighted by atomic mass is 35.5. The van der Waals surface area contributed by atoms with Gasteiger partial charge in [-0.05, 0) is 23.8 Å². The first-order valence-corrected chi connectivity index (χ1v) is 8.81. The van der Waals surface area contributed by atoms with Crippen LogP contribution in [0.2, 0.25) is 5.02 Å². The summed E-state index contributed by atoms with van der Waals surface area (Å²) < 4.78 is 10.4. The molecule has 0 unspecified atom stereocenters. The van der Waals surface area contributed by atoms with E-state index in [4.69, 9.17) is 21.1 Å². The smallest absolute Gasteiger partial charge is 0.275 e. The lowest BCUT2D eigenvalue weighted by Gasteiger charge is -2.11. The molecule has 0 aliphatic rings. The molecule has 0 saturated heterocycles. The van der Waals surface area contributed by atoms with Crippen molar-refractivity contribution in [1.29, 1.82) is 0 Å². The molecule has 1 heterocycles. The van der Waals surface area contributed by atoms with Crippen LogP contribution in [-0.2, 0) is 6.54 Å². The summed E-state index contributed by atoms with van der Waals surface area (Å²) in [5, 5.41) is 6.55. The van der Waals surface area contributed by atoms with Crippen LogP contribution in [0.15, 0.2) is 54.9 Å². The van der Waals surface area contributed by atoms with E-state index in [2.05, 4.69) is 20.6 Å². The number of anilines is 2. The molecular formula is C20H19ClN4O3. The predicted octanol–water partition coefficient (Wildman–Crippen LogP) is 4.01. The van der Waals surface area contributed by atoms with Crippen LogP contribution in [0.3, 0.4) is 0 Å². The summed E-state index contributed by atoms with van der Waals surface area (Å²) in [6.45, 7) is 0.503. The van der Waals surface area contributed by atoms with Gasteiger partial charge in [0.1, 0.15) is 23.0 Å². The lowest BCUT2D eigenvalue weighted by atomic mass is 10.2. The maximum atomic E-state index is 12.4. The molecule has 0 aliphatic carbocycles. The molecule has 0 atom stereocenters. The van der Waals surface area contributed by atoms with E-state index in [1.807, 2.05) is 24.3 Å². The van der Waals surface area contributed by atoms with Gasteiger partial charge in [-0.15, -0.1) is 0 Å². The maximum absolute atomic E-state index is 12.4. The number of aromatic nitrogens is 2. The Morgan fingerprint density at radius 3 is 2.57 bits per heavy atom. The van der Waals surface area contributed by atoms with Crippen molar-refractivity contribution in [3.05, 3.63) is 71.1 Å². The number of carbonyl (C=O) groups excluding carboxylic acids is 1. The summed E-state index contributed by atoms with van der Waals surface area (Å²) >= 11 is 6.13. The molecule has 8 heteroatoms. The topological polar surface area (TPSA) is 85.4 Å². The molecule has 7 nitrogen and oxygen atoms in total. The van der Waals surface area contributed by atoms with Crippen molar-refractivity contribution in [3.63, 3.8) is 0 Å². The van der Waals surface area contributed by atoms with Crippen LogP contribution in [0.4, 0.5) is 11.5 Å². The zero-order chi connectivity index (χ0) is 19.9. The lowest BCUT2D eigenvalue weighted by molar-refractivity contribution is 0.102. The molecule has 144 valence electrons. The molecule has 2 aromatic carbocycles. The van der Waals surface area contributed by atoms with Gasteiger partial charge in [0, 0.05) is 17.6 Å². The Bertz CT molecular complexity index is 964. The van der Waals surface area contributed by atoms with Crippen LogP contribution in [-0.4, -0.2) is 30.1 Å². The van der Waals surface area contributed by atoms with Gasteiger partial charge >= 0.3 is 0 Å². The number of ether oxygens (including phenoxy) is 2. The van der Waals surface area contributed by atoms with Gasteiger partial charge in [-0.25, -0.2) is 9.97 Å². The van der Waals surface area contributed by atoms with E-state index in [0.29, 0.717) is 34.6 Å². The fourth-order valence-electron chi connectivity index (χ4n) is 2.45. The Balaban J connectivity index is 1.64. The fraction of sp³-hybridized carbons (Fsp3) is 0.150. The fourth-order valence-corrected chi connectivity index (χ4v) is 2.65. The summed E-state index contributed by atoms with van der Waals surface area (Å²) in [4.78, 5) is 20.8. The quantitative estimate of drug-likeness (QED) is 0.625. The second kappa shape index (κ2) is 9.05. The first kappa shape index (κ1) is 19.4. The average molecular weight is 399 g/mol. The Hall–Kier alpha value is -3.32. The molecule has 0 bridgehead atoms. The molecule has 0 radical (unpaired) electrons. The van der Waals surface area contributed by atoms with Crippen molar-refractivity contribution in [2.45, 2.75) is 6.54 Å². The number of hydrogen-bond acceptors (Lipinski definition) is 6. The minimum atomic E-state index is -0.395. The molecule has 0 aliphatic heterocycles. The third-order valence-electron chi connectivity index (χ3n) is 3.96. The van der Waals surface area contributed by atoms with Crippen LogP contribution in [0, 0.1) is 0 Å². The van der Waals surface area contributed by atoms with Gasteiger partial charge in [-0.1, -0.05) is 29.8 Å². The minimum Gasteiger partial charge on any atom is -0.497 e. The maximum Gasteiger partial charge on any atom is 0.275 e. The Kier molecular flexibility index (Phi) is 6.29. The molecule has 0 fully saturated rings. The van der Waals surface area contributed by atoms with Crippen LogP contribution < -0.4 is 20.1 Å². The molecule has 0 saturated carbocycles. The lowest BCUT2D eigenvalue weighted by Crippen LogP contribution is -2.15. The Morgan fingerprint density at radius 2 is 1.89 bits per heavy atom. The molecule has 1 amide bonds. The highest BCUT2D eigenvalue weighted by Gasteiger charge is 2.12. The van der Waals surface area contributed by atoms with E-state index in [-0.39, 0.29) is 5.69 Å². The van der Waals surface area contributed by atoms with Crippen molar-refractivity contribution in [3.8, 4) is 11.5 Å². The highest BCUT2D eigenvalue weighted by molar-refractivity contribution is 6.31. The number of methoxy groups -OCH3 is 2. The molecule has 0 spiro atoms. The number of hydrogen-bond donors (Lipinski definition) is 2. The number of carbonyl (C=O) groups is 1. The van der Waals surface area contributed by atoms with Crippen molar-refractivity contribution in [1.82, 2.24) is 9.97 Å². The van der Waals surface area contributed by atoms with Crippen LogP contribution in [0.5, 0.6) is 11.5 Å². The summed E-state index contributed by atoms with van der Waals surface area (Å²) in [5.41, 5.74) is 1.64. The minimum absolute atomic E-state index is 0.182. The predicted molar refractivity (Wildman–Crippen MR) is 108 cm³/mol. The zero-order valence-corrected chi connectivity index (χ0v) is 16.2. The number of nitrogens with one attached hydrogen (secondary N) is 2. The van der Waals surface area contributed by atoms with E-state index in [1.165, 1.54) is 19.5 Å². The standard InChI is InChI=1S/C20H19ClN4O3/c1-27-14-7-8-16(18(9-14)28-2)25-20(26)17-11-24-19(12-22-17)23-10-13-5-3-4-6-15(13)21/h3-9,11-12H,10H2,1-2H3,(H,23,24)(H,25,26). The Labute approximate surface area is 167 Å². The Morgan fingerprint density at radius 1 is 1.07 bits per heavy atom. The van der Waals surface area contributed by atoms with Crippen LogP contribution in [0.1, 0.15) is 16.1 Å². The summed E-state index contributed by atoms with van der Waals surface area (Å²) in [6, 6.07) is 12.6. The third-order valence-corrected chi connectivity index (χ3v) is 4.33. The van der Waals surface area contributed by atoms with E-state index < -0.39 is 5.91 Å². The number of nitrogens with zero attached hydrogens (tertiary/aromatic N) is 2. The normalized spacial score (nSPS) is 10.2. The van der Waals surface area contributed by atoms with Crippen LogP contribution in [0.25, 0.3) is 0 Å². The van der Waals surface area contributed by atoms with E-state index in [1.54, 1.807) is 25.3 Å². The number of halogens is 1. The molecule has 28 heavy (non-hydrogen) atoms. The number of benzene rings is 2. The van der Waals surface area contributed by atoms with Gasteiger partial charge in [0.25, 0.3) is 5.91 Å². The van der Waals surface area contributed by atoms with E-state index in [0.717, 1.165) is 5.56 Å². The van der Waals surface area contributed by atoms with Crippen molar-refractivity contribution in [2.24, 2.45) is 0 Å². The van der Waals surface area contributed by atoms with Gasteiger partial charge in [-0.2, -0.15) is 0 Å². The third kappa shape index (κ3) is 4.69. The second-order valence-electron chi connectivity index (χ2n) is 5.75. The van der Waals surface area contributed by atoms with Gasteiger partial charge in [0.2, 0.25) is 0 Å². The van der Waals surface area contributed by atoms with Crippen molar-refractivity contribution >= 4 is 29.0 Å². The number of rotatable bonds is 7. The second-order valence-corrected chi connectivity index (χ2v) is 6.16. The first-order valence-electron chi connectivity index (χ1n) is 8.43. The first-order chi connectivity index (χ1) is 13.6. The zero-order valence-electron chi connectivity index (χ0n) is 15.4. The molecule has 3 rings (SSSR count). The SMILES string of the molecule is COc1ccc(NC(=O)c2cnc(NCc3ccccc3Cl)cn2)c(OC)c1. The monoisotopic (exact) mass is 398 g/mol. The van der Waals surface area contributed by atoms with Crippen LogP contribution >= 0.6 is 11.6 Å². The van der Waals surface area contributed by atoms with E-state index >= 15 is 0 Å². The average Bonchev–Trinajstić information content (AvgIpc) is 2.73. The molecular weight excluding hydrogens is 380 g/mol. The largest absolute Gasteiger partial charge is 0.497 e. The summed E-state index contributed by atoms with van der Waals surface area (Å²) in [5.74, 6) is 1.26. The van der Waals surface area contributed by atoms with Crippen molar-refractivity contribution in [2.75, 3.05) is 24.9 Å². The molecule has 2 N–H and O–H groups in total. The van der Waals surface area contributed by atoms with Gasteiger partial charge in [-0.3, -0.25) is 4.79 Å². The summed E-state index contributed by atoms with van der Waals surface area (Å²) in [7, 11) is 3.08. The highest BCUT2D eigenvalue weighted by Crippen LogP contribution is 2.29. The van der Waals surface area contributed by atoms with Gasteiger partial charge < -0.3 is 20.1 Å². The molecule has 3 aromatic rings.